The standard InChI is InChI=1S/C12H18FNO.ClH/c1-12(2,3)11(14)9-6-5-8(15-4)7-10(9)13;/h5-7,11H,14H2,1-4H3;1H/t11-;/m0./s1. The van der Waals surface area contributed by atoms with E-state index in [0.717, 1.165) is 0 Å². The largest absolute Gasteiger partial charge is 0.497 e. The fourth-order valence-electron chi connectivity index (χ4n) is 1.35. The second kappa shape index (κ2) is 5.51. The molecule has 0 fully saturated rings. The van der Waals surface area contributed by atoms with Crippen LogP contribution in [0.25, 0.3) is 0 Å². The van der Waals surface area contributed by atoms with E-state index in [1.807, 2.05) is 20.8 Å². The van der Waals surface area contributed by atoms with Gasteiger partial charge in [0.1, 0.15) is 11.6 Å². The highest BCUT2D eigenvalue weighted by molar-refractivity contribution is 5.85. The predicted octanol–water partition coefficient (Wildman–Crippen LogP) is 3.30. The summed E-state index contributed by atoms with van der Waals surface area (Å²) >= 11 is 0. The minimum Gasteiger partial charge on any atom is -0.497 e. The van der Waals surface area contributed by atoms with Crippen molar-refractivity contribution in [2.45, 2.75) is 26.8 Å². The van der Waals surface area contributed by atoms with Crippen molar-refractivity contribution < 1.29 is 9.13 Å². The van der Waals surface area contributed by atoms with Crippen molar-refractivity contribution in [1.29, 1.82) is 0 Å². The Kier molecular flexibility index (Phi) is 5.23. The van der Waals surface area contributed by atoms with E-state index >= 15 is 0 Å². The number of methoxy groups -OCH3 is 1. The second-order valence-electron chi connectivity index (χ2n) is 4.73. The molecular formula is C12H19ClFNO. The first-order chi connectivity index (χ1) is 6.86. The highest BCUT2D eigenvalue weighted by Crippen LogP contribution is 2.32. The second-order valence-corrected chi connectivity index (χ2v) is 4.73. The van der Waals surface area contributed by atoms with Gasteiger partial charge in [0.2, 0.25) is 0 Å². The molecule has 0 radical (unpaired) electrons. The highest BCUT2D eigenvalue weighted by atomic mass is 35.5. The van der Waals surface area contributed by atoms with Crippen molar-refractivity contribution in [3.63, 3.8) is 0 Å². The SMILES string of the molecule is COc1ccc([C@H](N)C(C)(C)C)c(F)c1.Cl. The molecule has 16 heavy (non-hydrogen) atoms. The lowest BCUT2D eigenvalue weighted by molar-refractivity contribution is 0.318. The lowest BCUT2D eigenvalue weighted by Gasteiger charge is -2.27. The summed E-state index contributed by atoms with van der Waals surface area (Å²) < 4.78 is 18.6. The molecule has 0 aliphatic rings. The highest BCUT2D eigenvalue weighted by Gasteiger charge is 2.24. The maximum absolute atomic E-state index is 13.7. The van der Waals surface area contributed by atoms with Crippen molar-refractivity contribution in [2.24, 2.45) is 11.1 Å². The number of halogens is 2. The van der Waals surface area contributed by atoms with Crippen LogP contribution in [0.1, 0.15) is 32.4 Å². The van der Waals surface area contributed by atoms with Gasteiger partial charge in [-0.05, 0) is 11.5 Å². The van der Waals surface area contributed by atoms with Gasteiger partial charge in [0, 0.05) is 17.7 Å². The molecule has 0 amide bonds. The molecule has 0 aliphatic carbocycles. The summed E-state index contributed by atoms with van der Waals surface area (Å²) in [5, 5.41) is 0. The third kappa shape index (κ3) is 3.35. The molecule has 2 nitrogen and oxygen atoms in total. The molecule has 92 valence electrons. The molecule has 2 N–H and O–H groups in total. The molecule has 0 aliphatic heterocycles. The summed E-state index contributed by atoms with van der Waals surface area (Å²) in [5.41, 5.74) is 6.36. The van der Waals surface area contributed by atoms with Gasteiger partial charge in [0.15, 0.2) is 0 Å². The van der Waals surface area contributed by atoms with E-state index in [4.69, 9.17) is 10.5 Å². The summed E-state index contributed by atoms with van der Waals surface area (Å²) in [4.78, 5) is 0. The van der Waals surface area contributed by atoms with Crippen LogP contribution in [0.4, 0.5) is 4.39 Å². The van der Waals surface area contributed by atoms with Crippen molar-refractivity contribution >= 4 is 12.4 Å². The molecule has 0 spiro atoms. The van der Waals surface area contributed by atoms with Gasteiger partial charge in [-0.2, -0.15) is 0 Å². The molecule has 0 heterocycles. The zero-order valence-electron chi connectivity index (χ0n) is 10.1. The quantitative estimate of drug-likeness (QED) is 0.870. The molecule has 1 atom stereocenters. The monoisotopic (exact) mass is 247 g/mol. The van der Waals surface area contributed by atoms with E-state index < -0.39 is 0 Å². The van der Waals surface area contributed by atoms with Crippen LogP contribution in [0, 0.1) is 11.2 Å². The molecular weight excluding hydrogens is 229 g/mol. The fraction of sp³-hybridized carbons (Fsp3) is 0.500. The van der Waals surface area contributed by atoms with Crippen LogP contribution in [0.3, 0.4) is 0 Å². The van der Waals surface area contributed by atoms with E-state index in [-0.39, 0.29) is 29.7 Å². The smallest absolute Gasteiger partial charge is 0.131 e. The van der Waals surface area contributed by atoms with Gasteiger partial charge in [0.05, 0.1) is 7.11 Å². The summed E-state index contributed by atoms with van der Waals surface area (Å²) in [6.45, 7) is 5.96. The Labute approximate surface area is 102 Å². The van der Waals surface area contributed by atoms with E-state index in [1.165, 1.54) is 13.2 Å². The third-order valence-corrected chi connectivity index (χ3v) is 2.48. The maximum atomic E-state index is 13.7. The van der Waals surface area contributed by atoms with Gasteiger partial charge in [-0.25, -0.2) is 4.39 Å². The van der Waals surface area contributed by atoms with Crippen LogP contribution in [-0.4, -0.2) is 7.11 Å². The van der Waals surface area contributed by atoms with E-state index in [1.54, 1.807) is 12.1 Å². The Morgan fingerprint density at radius 3 is 2.25 bits per heavy atom. The molecule has 4 heteroatoms. The average Bonchev–Trinajstić information content (AvgIpc) is 2.15. The Bertz CT molecular complexity index is 349. The van der Waals surface area contributed by atoms with Crippen LogP contribution in [0.5, 0.6) is 5.75 Å². The molecule has 0 bridgehead atoms. The van der Waals surface area contributed by atoms with Gasteiger partial charge in [-0.1, -0.05) is 26.8 Å². The van der Waals surface area contributed by atoms with Crippen molar-refractivity contribution in [3.8, 4) is 5.75 Å². The first-order valence-corrected chi connectivity index (χ1v) is 4.95. The molecule has 0 unspecified atom stereocenters. The Hall–Kier alpha value is -0.800. The summed E-state index contributed by atoms with van der Waals surface area (Å²) in [6.07, 6.45) is 0. The van der Waals surface area contributed by atoms with Gasteiger partial charge in [-0.3, -0.25) is 0 Å². The van der Waals surface area contributed by atoms with Gasteiger partial charge >= 0.3 is 0 Å². The molecule has 0 saturated heterocycles. The number of ether oxygens (including phenoxy) is 1. The average molecular weight is 248 g/mol. The fourth-order valence-corrected chi connectivity index (χ4v) is 1.35. The number of benzene rings is 1. The normalized spacial score (nSPS) is 12.9. The number of hydrogen-bond donors (Lipinski definition) is 1. The van der Waals surface area contributed by atoms with Gasteiger partial charge in [0.25, 0.3) is 0 Å². The Morgan fingerprint density at radius 1 is 1.31 bits per heavy atom. The van der Waals surface area contributed by atoms with Gasteiger partial charge < -0.3 is 10.5 Å². The zero-order chi connectivity index (χ0) is 11.6. The third-order valence-electron chi connectivity index (χ3n) is 2.48. The predicted molar refractivity (Wildman–Crippen MR) is 66.6 cm³/mol. The van der Waals surface area contributed by atoms with Crippen LogP contribution < -0.4 is 10.5 Å². The Morgan fingerprint density at radius 2 is 1.88 bits per heavy atom. The van der Waals surface area contributed by atoms with E-state index in [0.29, 0.717) is 11.3 Å². The lowest BCUT2D eigenvalue weighted by atomic mass is 9.83. The van der Waals surface area contributed by atoms with Crippen LogP contribution in [-0.2, 0) is 0 Å². The van der Waals surface area contributed by atoms with Crippen molar-refractivity contribution in [1.82, 2.24) is 0 Å². The van der Waals surface area contributed by atoms with Crippen LogP contribution in [0.2, 0.25) is 0 Å². The summed E-state index contributed by atoms with van der Waals surface area (Å²) in [5.74, 6) is 0.203. The summed E-state index contributed by atoms with van der Waals surface area (Å²) in [6, 6.07) is 4.46. The first kappa shape index (κ1) is 15.2. The zero-order valence-corrected chi connectivity index (χ0v) is 10.9. The molecule has 1 aromatic carbocycles. The number of hydrogen-bond acceptors (Lipinski definition) is 2. The Balaban J connectivity index is 0.00000225. The van der Waals surface area contributed by atoms with Crippen LogP contribution >= 0.6 is 12.4 Å². The molecule has 1 aromatic rings. The maximum Gasteiger partial charge on any atom is 0.131 e. The van der Waals surface area contributed by atoms with Crippen LogP contribution in [0.15, 0.2) is 18.2 Å². The van der Waals surface area contributed by atoms with E-state index in [2.05, 4.69) is 0 Å². The molecule has 1 rings (SSSR count). The van der Waals surface area contributed by atoms with E-state index in [9.17, 15) is 4.39 Å². The van der Waals surface area contributed by atoms with Gasteiger partial charge in [-0.15, -0.1) is 12.4 Å². The number of rotatable bonds is 2. The first-order valence-electron chi connectivity index (χ1n) is 4.95. The topological polar surface area (TPSA) is 35.2 Å². The minimum absolute atomic E-state index is 0. The van der Waals surface area contributed by atoms with Crippen molar-refractivity contribution in [3.05, 3.63) is 29.6 Å². The number of nitrogens with two attached hydrogens (primary N) is 1. The minimum atomic E-state index is -0.316. The molecule has 0 aromatic heterocycles. The summed E-state index contributed by atoms with van der Waals surface area (Å²) in [7, 11) is 1.51. The van der Waals surface area contributed by atoms with Crippen molar-refractivity contribution in [2.75, 3.05) is 7.11 Å². The molecule has 0 saturated carbocycles. The lowest BCUT2D eigenvalue weighted by Crippen LogP contribution is -2.27.